The van der Waals surface area contributed by atoms with Crippen molar-refractivity contribution in [2.75, 3.05) is 18.1 Å². The molecule has 0 aliphatic carbocycles. The lowest BCUT2D eigenvalue weighted by molar-refractivity contribution is -0.124. The smallest absolute Gasteiger partial charge is 0.223 e. The highest BCUT2D eigenvalue weighted by Gasteiger charge is 2.23. The average Bonchev–Trinajstić information content (AvgIpc) is 2.50. The monoisotopic (exact) mass is 201 g/mol. The fourth-order valence-corrected chi connectivity index (χ4v) is 2.46. The molecular formula is C10H19NOS. The molecule has 1 unspecified atom stereocenters. The highest BCUT2D eigenvalue weighted by atomic mass is 32.2. The Balaban J connectivity index is 2.25. The zero-order chi connectivity index (χ0) is 9.90. The molecule has 1 N–H and O–H groups in total. The lowest BCUT2D eigenvalue weighted by Crippen LogP contribution is -2.36. The summed E-state index contributed by atoms with van der Waals surface area (Å²) in [6.07, 6.45) is 1.06. The van der Waals surface area contributed by atoms with Crippen LogP contribution in [-0.4, -0.2) is 24.0 Å². The van der Waals surface area contributed by atoms with E-state index in [-0.39, 0.29) is 17.2 Å². The second-order valence-electron chi connectivity index (χ2n) is 4.84. The van der Waals surface area contributed by atoms with Crippen LogP contribution in [0.15, 0.2) is 0 Å². The molecule has 0 aromatic rings. The maximum Gasteiger partial charge on any atom is 0.223 e. The Labute approximate surface area is 84.9 Å². The van der Waals surface area contributed by atoms with E-state index in [0.29, 0.717) is 0 Å². The molecule has 1 aliphatic rings. The molecule has 0 aromatic heterocycles. The maximum atomic E-state index is 11.6. The van der Waals surface area contributed by atoms with E-state index in [4.69, 9.17) is 0 Å². The number of rotatable bonds is 2. The molecule has 2 nitrogen and oxygen atoms in total. The van der Waals surface area contributed by atoms with Crippen LogP contribution in [0.4, 0.5) is 0 Å². The van der Waals surface area contributed by atoms with Crippen LogP contribution in [-0.2, 0) is 4.79 Å². The maximum absolute atomic E-state index is 11.6. The fraction of sp³-hybridized carbons (Fsp3) is 0.900. The fourth-order valence-electron chi connectivity index (χ4n) is 1.24. The molecule has 76 valence electrons. The molecule has 1 aliphatic heterocycles. The average molecular weight is 201 g/mol. The van der Waals surface area contributed by atoms with Gasteiger partial charge in [-0.2, -0.15) is 11.8 Å². The number of thioether (sulfide) groups is 1. The summed E-state index contributed by atoms with van der Waals surface area (Å²) in [6.45, 7) is 7.19. The van der Waals surface area contributed by atoms with Gasteiger partial charge in [0.1, 0.15) is 0 Å². The molecule has 0 radical (unpaired) electrons. The summed E-state index contributed by atoms with van der Waals surface area (Å²) in [5.41, 5.74) is 0.196. The summed E-state index contributed by atoms with van der Waals surface area (Å²) in [7, 11) is 0. The van der Waals surface area contributed by atoms with Crippen molar-refractivity contribution in [3.05, 3.63) is 0 Å². The number of carbonyl (C=O) groups is 1. The topological polar surface area (TPSA) is 29.1 Å². The minimum Gasteiger partial charge on any atom is -0.355 e. The first-order valence-electron chi connectivity index (χ1n) is 4.84. The number of hydrogen-bond donors (Lipinski definition) is 1. The summed E-state index contributed by atoms with van der Waals surface area (Å²) < 4.78 is 0. The number of amides is 1. The predicted molar refractivity (Wildman–Crippen MR) is 57.9 cm³/mol. The Hall–Kier alpha value is -0.180. The Morgan fingerprint density at radius 3 is 2.69 bits per heavy atom. The largest absolute Gasteiger partial charge is 0.355 e. The van der Waals surface area contributed by atoms with E-state index in [1.165, 1.54) is 0 Å². The standard InChI is InChI=1S/C10H19NOS/c1-10(2,3)7-11-9(12)8-4-5-13-6-8/h8H,4-7H2,1-3H3,(H,11,12). The molecule has 0 spiro atoms. The zero-order valence-electron chi connectivity index (χ0n) is 8.72. The summed E-state index contributed by atoms with van der Waals surface area (Å²) in [4.78, 5) is 11.6. The van der Waals surface area contributed by atoms with Crippen LogP contribution < -0.4 is 5.32 Å². The highest BCUT2D eigenvalue weighted by Crippen LogP contribution is 2.23. The molecule has 0 bridgehead atoms. The molecule has 1 amide bonds. The van der Waals surface area contributed by atoms with Gasteiger partial charge in [0.25, 0.3) is 0 Å². The molecule has 0 saturated carbocycles. The lowest BCUT2D eigenvalue weighted by atomic mass is 9.96. The van der Waals surface area contributed by atoms with E-state index in [9.17, 15) is 4.79 Å². The molecule has 1 saturated heterocycles. The van der Waals surface area contributed by atoms with E-state index >= 15 is 0 Å². The van der Waals surface area contributed by atoms with Crippen molar-refractivity contribution in [1.29, 1.82) is 0 Å². The van der Waals surface area contributed by atoms with E-state index in [1.54, 1.807) is 0 Å². The van der Waals surface area contributed by atoms with Gasteiger partial charge in [0, 0.05) is 18.2 Å². The quantitative estimate of drug-likeness (QED) is 0.739. The zero-order valence-corrected chi connectivity index (χ0v) is 9.54. The van der Waals surface area contributed by atoms with Gasteiger partial charge in [0.15, 0.2) is 0 Å². The van der Waals surface area contributed by atoms with E-state index in [0.717, 1.165) is 24.5 Å². The first-order valence-corrected chi connectivity index (χ1v) is 6.00. The minimum absolute atomic E-state index is 0.196. The van der Waals surface area contributed by atoms with Crippen molar-refractivity contribution in [2.24, 2.45) is 11.3 Å². The first-order chi connectivity index (χ1) is 5.99. The van der Waals surface area contributed by atoms with Gasteiger partial charge in [-0.3, -0.25) is 4.79 Å². The third-order valence-electron chi connectivity index (χ3n) is 2.09. The van der Waals surface area contributed by atoms with Crippen molar-refractivity contribution in [3.8, 4) is 0 Å². The van der Waals surface area contributed by atoms with Crippen LogP contribution in [0.5, 0.6) is 0 Å². The lowest BCUT2D eigenvalue weighted by Gasteiger charge is -2.20. The minimum atomic E-state index is 0.196. The Bertz CT molecular complexity index is 180. The van der Waals surface area contributed by atoms with E-state index in [1.807, 2.05) is 11.8 Å². The molecule has 0 aromatic carbocycles. The highest BCUT2D eigenvalue weighted by molar-refractivity contribution is 7.99. The van der Waals surface area contributed by atoms with E-state index < -0.39 is 0 Å². The van der Waals surface area contributed by atoms with Gasteiger partial charge in [-0.15, -0.1) is 0 Å². The molecule has 1 fully saturated rings. The van der Waals surface area contributed by atoms with Gasteiger partial charge in [-0.1, -0.05) is 20.8 Å². The molecule has 3 heteroatoms. The van der Waals surface area contributed by atoms with Gasteiger partial charge in [-0.05, 0) is 17.6 Å². The van der Waals surface area contributed by atoms with Crippen molar-refractivity contribution >= 4 is 17.7 Å². The molecule has 1 heterocycles. The van der Waals surface area contributed by atoms with Gasteiger partial charge in [0.2, 0.25) is 5.91 Å². The van der Waals surface area contributed by atoms with Crippen LogP contribution in [0.1, 0.15) is 27.2 Å². The van der Waals surface area contributed by atoms with E-state index in [2.05, 4.69) is 26.1 Å². The molecule has 1 atom stereocenters. The Kier molecular flexibility index (Phi) is 3.65. The van der Waals surface area contributed by atoms with Gasteiger partial charge in [0.05, 0.1) is 0 Å². The second-order valence-corrected chi connectivity index (χ2v) is 5.99. The van der Waals surface area contributed by atoms with Gasteiger partial charge in [-0.25, -0.2) is 0 Å². The molecule has 13 heavy (non-hydrogen) atoms. The van der Waals surface area contributed by atoms with Gasteiger partial charge < -0.3 is 5.32 Å². The summed E-state index contributed by atoms with van der Waals surface area (Å²) in [6, 6.07) is 0. The van der Waals surface area contributed by atoms with Crippen molar-refractivity contribution in [1.82, 2.24) is 5.32 Å². The van der Waals surface area contributed by atoms with Crippen LogP contribution in [0, 0.1) is 11.3 Å². The molecular weight excluding hydrogens is 182 g/mol. The summed E-state index contributed by atoms with van der Waals surface area (Å²) in [5.74, 6) is 2.68. The van der Waals surface area contributed by atoms with Crippen molar-refractivity contribution < 1.29 is 4.79 Å². The van der Waals surface area contributed by atoms with Crippen molar-refractivity contribution in [2.45, 2.75) is 27.2 Å². The van der Waals surface area contributed by atoms with Crippen LogP contribution >= 0.6 is 11.8 Å². The summed E-state index contributed by atoms with van der Waals surface area (Å²) in [5, 5.41) is 3.01. The summed E-state index contributed by atoms with van der Waals surface area (Å²) >= 11 is 1.88. The first kappa shape index (κ1) is 10.9. The van der Waals surface area contributed by atoms with Crippen LogP contribution in [0.2, 0.25) is 0 Å². The number of nitrogens with one attached hydrogen (secondary N) is 1. The van der Waals surface area contributed by atoms with Crippen molar-refractivity contribution in [3.63, 3.8) is 0 Å². The second kappa shape index (κ2) is 4.36. The normalized spacial score (nSPS) is 23.2. The molecule has 1 rings (SSSR count). The number of hydrogen-bond acceptors (Lipinski definition) is 2. The van der Waals surface area contributed by atoms with Crippen LogP contribution in [0.3, 0.4) is 0 Å². The predicted octanol–water partition coefficient (Wildman–Crippen LogP) is 1.90. The third kappa shape index (κ3) is 4.03. The third-order valence-corrected chi connectivity index (χ3v) is 3.26. The number of carbonyl (C=O) groups excluding carboxylic acids is 1. The SMILES string of the molecule is CC(C)(C)CNC(=O)C1CCSC1. The Morgan fingerprint density at radius 1 is 1.54 bits per heavy atom. The van der Waals surface area contributed by atoms with Gasteiger partial charge >= 0.3 is 0 Å². The Morgan fingerprint density at radius 2 is 2.23 bits per heavy atom. The van der Waals surface area contributed by atoms with Crippen LogP contribution in [0.25, 0.3) is 0 Å².